The van der Waals surface area contributed by atoms with Crippen LogP contribution in [0.2, 0.25) is 0 Å². The van der Waals surface area contributed by atoms with E-state index in [0.717, 1.165) is 29.7 Å². The minimum absolute atomic E-state index is 0.0671. The summed E-state index contributed by atoms with van der Waals surface area (Å²) in [5.74, 6) is 1.67. The van der Waals surface area contributed by atoms with Gasteiger partial charge in [-0.15, -0.1) is 5.10 Å². The third-order valence-corrected chi connectivity index (χ3v) is 2.70. The Balaban J connectivity index is 2.24. The second-order valence-electron chi connectivity index (χ2n) is 3.08. The van der Waals surface area contributed by atoms with Gasteiger partial charge in [0.1, 0.15) is 5.82 Å². The molecule has 1 unspecified atom stereocenters. The van der Waals surface area contributed by atoms with Crippen LogP contribution in [0.1, 0.15) is 19.2 Å². The second kappa shape index (κ2) is 6.43. The molecular weight excluding hydrogens is 210 g/mol. The molecule has 0 spiro atoms. The molecule has 2 N–H and O–H groups in total. The fourth-order valence-corrected chi connectivity index (χ4v) is 1.96. The smallest absolute Gasteiger partial charge is 0.208 e. The fourth-order valence-electron chi connectivity index (χ4n) is 1.11. The lowest BCUT2D eigenvalue weighted by atomic mass is 10.2. The number of nitrogens with zero attached hydrogens (tertiary/aromatic N) is 3. The molecule has 1 aromatic heterocycles. The van der Waals surface area contributed by atoms with Gasteiger partial charge in [0.05, 0.1) is 12.1 Å². The summed E-state index contributed by atoms with van der Waals surface area (Å²) in [6, 6.07) is 2.15. The molecule has 0 radical (unpaired) electrons. The van der Waals surface area contributed by atoms with Crippen molar-refractivity contribution in [1.82, 2.24) is 20.5 Å². The zero-order valence-corrected chi connectivity index (χ0v) is 9.77. The van der Waals surface area contributed by atoms with Gasteiger partial charge >= 0.3 is 0 Å². The van der Waals surface area contributed by atoms with Gasteiger partial charge in [-0.25, -0.2) is 4.98 Å². The molecule has 0 aliphatic rings. The van der Waals surface area contributed by atoms with Gasteiger partial charge in [0.25, 0.3) is 0 Å². The lowest BCUT2D eigenvalue weighted by Crippen LogP contribution is -2.27. The highest BCUT2D eigenvalue weighted by molar-refractivity contribution is 7.99. The summed E-state index contributed by atoms with van der Waals surface area (Å²) in [7, 11) is 0. The molecule has 1 rings (SSSR count). The van der Waals surface area contributed by atoms with E-state index in [-0.39, 0.29) is 6.04 Å². The number of aromatic nitrogens is 3. The van der Waals surface area contributed by atoms with Gasteiger partial charge < -0.3 is 5.32 Å². The van der Waals surface area contributed by atoms with Crippen LogP contribution < -0.4 is 5.32 Å². The molecule has 0 saturated heterocycles. The van der Waals surface area contributed by atoms with E-state index < -0.39 is 0 Å². The van der Waals surface area contributed by atoms with Crippen LogP contribution in [0.4, 0.5) is 0 Å². The van der Waals surface area contributed by atoms with Crippen LogP contribution in [0, 0.1) is 18.3 Å². The van der Waals surface area contributed by atoms with Crippen LogP contribution in [0.25, 0.3) is 0 Å². The lowest BCUT2D eigenvalue weighted by Gasteiger charge is -2.07. The molecule has 0 fully saturated rings. The van der Waals surface area contributed by atoms with E-state index in [0.29, 0.717) is 0 Å². The van der Waals surface area contributed by atoms with Crippen LogP contribution in [-0.4, -0.2) is 33.5 Å². The predicted octanol–water partition coefficient (Wildman–Crippen LogP) is 1.10. The Labute approximate surface area is 93.7 Å². The Hall–Kier alpha value is -1.06. The van der Waals surface area contributed by atoms with Gasteiger partial charge in [0.2, 0.25) is 5.16 Å². The Morgan fingerprint density at radius 2 is 2.47 bits per heavy atom. The third-order valence-electron chi connectivity index (χ3n) is 1.82. The maximum Gasteiger partial charge on any atom is 0.208 e. The maximum absolute atomic E-state index is 8.80. The highest BCUT2D eigenvalue weighted by Gasteiger charge is 2.06. The van der Waals surface area contributed by atoms with E-state index in [1.165, 1.54) is 0 Å². The van der Waals surface area contributed by atoms with Gasteiger partial charge in [-0.05, 0) is 19.9 Å². The van der Waals surface area contributed by atoms with Crippen molar-refractivity contribution in [3.8, 4) is 6.07 Å². The summed E-state index contributed by atoms with van der Waals surface area (Å²) in [6.07, 6.45) is 0.808. The fraction of sp³-hybridized carbons (Fsp3) is 0.667. The quantitative estimate of drug-likeness (QED) is 0.709. The molecule has 82 valence electrons. The van der Waals surface area contributed by atoms with E-state index in [9.17, 15) is 0 Å². The summed E-state index contributed by atoms with van der Waals surface area (Å²) in [6.45, 7) is 4.69. The standard InChI is InChI=1S/C9H15N5S/c1-3-11-8(6-10)4-5-15-9-12-7(2)13-14-9/h8,11H,3-5H2,1-2H3,(H,12,13,14). The van der Waals surface area contributed by atoms with Crippen molar-refractivity contribution in [2.45, 2.75) is 31.5 Å². The highest BCUT2D eigenvalue weighted by atomic mass is 32.2. The number of thioether (sulfide) groups is 1. The zero-order valence-electron chi connectivity index (χ0n) is 8.95. The van der Waals surface area contributed by atoms with Gasteiger partial charge in [-0.3, -0.25) is 5.10 Å². The largest absolute Gasteiger partial charge is 0.302 e. The topological polar surface area (TPSA) is 77.4 Å². The van der Waals surface area contributed by atoms with Crippen molar-refractivity contribution < 1.29 is 0 Å². The Morgan fingerprint density at radius 1 is 1.67 bits per heavy atom. The first-order valence-electron chi connectivity index (χ1n) is 4.91. The number of nitrogens with one attached hydrogen (secondary N) is 2. The molecule has 0 amide bonds. The zero-order chi connectivity index (χ0) is 11.1. The number of rotatable bonds is 6. The van der Waals surface area contributed by atoms with Crippen molar-refractivity contribution in [3.05, 3.63) is 5.82 Å². The Kier molecular flexibility index (Phi) is 5.15. The molecule has 6 heteroatoms. The van der Waals surface area contributed by atoms with E-state index in [1.54, 1.807) is 11.8 Å². The molecule has 1 heterocycles. The number of hydrogen-bond donors (Lipinski definition) is 2. The SMILES string of the molecule is CCNC(C#N)CCSc1n[nH]c(C)n1. The van der Waals surface area contributed by atoms with Crippen LogP contribution in [0.5, 0.6) is 0 Å². The first-order chi connectivity index (χ1) is 7.26. The van der Waals surface area contributed by atoms with Crippen LogP contribution in [0.15, 0.2) is 5.16 Å². The molecular formula is C9H15N5S. The van der Waals surface area contributed by atoms with E-state index in [2.05, 4.69) is 26.6 Å². The summed E-state index contributed by atoms with van der Waals surface area (Å²) in [4.78, 5) is 4.17. The first-order valence-corrected chi connectivity index (χ1v) is 5.89. The molecule has 0 aliphatic carbocycles. The molecule has 0 aliphatic heterocycles. The van der Waals surface area contributed by atoms with Gasteiger partial charge in [-0.2, -0.15) is 5.26 Å². The van der Waals surface area contributed by atoms with Crippen molar-refractivity contribution in [2.75, 3.05) is 12.3 Å². The summed E-state index contributed by atoms with van der Waals surface area (Å²) < 4.78 is 0. The monoisotopic (exact) mass is 225 g/mol. The summed E-state index contributed by atoms with van der Waals surface area (Å²) >= 11 is 1.57. The van der Waals surface area contributed by atoms with E-state index >= 15 is 0 Å². The number of aryl methyl sites for hydroxylation is 1. The predicted molar refractivity (Wildman–Crippen MR) is 59.5 cm³/mol. The minimum atomic E-state index is -0.0671. The highest BCUT2D eigenvalue weighted by Crippen LogP contribution is 2.13. The maximum atomic E-state index is 8.80. The van der Waals surface area contributed by atoms with Crippen molar-refractivity contribution in [1.29, 1.82) is 5.26 Å². The van der Waals surface area contributed by atoms with Gasteiger partial charge in [0.15, 0.2) is 0 Å². The van der Waals surface area contributed by atoms with Gasteiger partial charge in [0, 0.05) is 5.75 Å². The van der Waals surface area contributed by atoms with Gasteiger partial charge in [-0.1, -0.05) is 18.7 Å². The van der Waals surface area contributed by atoms with Crippen LogP contribution in [0.3, 0.4) is 0 Å². The molecule has 5 nitrogen and oxygen atoms in total. The lowest BCUT2D eigenvalue weighted by molar-refractivity contribution is 0.612. The average molecular weight is 225 g/mol. The van der Waals surface area contributed by atoms with Crippen LogP contribution >= 0.6 is 11.8 Å². The average Bonchev–Trinajstić information content (AvgIpc) is 2.63. The van der Waals surface area contributed by atoms with Crippen molar-refractivity contribution in [2.24, 2.45) is 0 Å². The molecule has 0 aromatic carbocycles. The number of H-pyrrole nitrogens is 1. The van der Waals surface area contributed by atoms with E-state index in [1.807, 2.05) is 13.8 Å². The molecule has 0 saturated carbocycles. The summed E-state index contributed by atoms with van der Waals surface area (Å²) in [5, 5.41) is 19.4. The molecule has 1 atom stereocenters. The number of aromatic amines is 1. The molecule has 0 bridgehead atoms. The normalized spacial score (nSPS) is 12.3. The first kappa shape index (κ1) is 12.0. The summed E-state index contributed by atoms with van der Waals surface area (Å²) in [5.41, 5.74) is 0. The molecule has 15 heavy (non-hydrogen) atoms. The Bertz CT molecular complexity index is 329. The minimum Gasteiger partial charge on any atom is -0.302 e. The van der Waals surface area contributed by atoms with Crippen molar-refractivity contribution in [3.63, 3.8) is 0 Å². The van der Waals surface area contributed by atoms with Crippen molar-refractivity contribution >= 4 is 11.8 Å². The van der Waals surface area contributed by atoms with E-state index in [4.69, 9.17) is 5.26 Å². The second-order valence-corrected chi connectivity index (χ2v) is 4.14. The number of nitriles is 1. The number of hydrogen-bond acceptors (Lipinski definition) is 5. The Morgan fingerprint density at radius 3 is 3.00 bits per heavy atom. The van der Waals surface area contributed by atoms with Crippen LogP contribution in [-0.2, 0) is 0 Å². The molecule has 1 aromatic rings. The third kappa shape index (κ3) is 4.32.